The Morgan fingerprint density at radius 3 is 2.70 bits per heavy atom. The average Bonchev–Trinajstić information content (AvgIpc) is 2.39. The van der Waals surface area contributed by atoms with Crippen LogP contribution < -0.4 is 10.1 Å². The van der Waals surface area contributed by atoms with Gasteiger partial charge in [-0.3, -0.25) is 0 Å². The quantitative estimate of drug-likeness (QED) is 0.887. The van der Waals surface area contributed by atoms with E-state index in [0.717, 1.165) is 38.0 Å². The molecule has 20 heavy (non-hydrogen) atoms. The van der Waals surface area contributed by atoms with Gasteiger partial charge in [0.15, 0.2) is 0 Å². The van der Waals surface area contributed by atoms with E-state index in [1.807, 2.05) is 12.1 Å². The van der Waals surface area contributed by atoms with E-state index in [1.165, 1.54) is 5.56 Å². The van der Waals surface area contributed by atoms with Crippen molar-refractivity contribution in [3.63, 3.8) is 0 Å². The van der Waals surface area contributed by atoms with Crippen LogP contribution in [0, 0.1) is 0 Å². The second kappa shape index (κ2) is 6.59. The zero-order valence-electron chi connectivity index (χ0n) is 12.9. The predicted octanol–water partition coefficient (Wildman–Crippen LogP) is 3.26. The van der Waals surface area contributed by atoms with Gasteiger partial charge in [0.2, 0.25) is 0 Å². The molecule has 1 aliphatic carbocycles. The van der Waals surface area contributed by atoms with Crippen molar-refractivity contribution in [2.45, 2.75) is 70.7 Å². The molecular weight excluding hydrogens is 250 g/mol. The van der Waals surface area contributed by atoms with Gasteiger partial charge in [-0.1, -0.05) is 18.6 Å². The maximum atomic E-state index is 9.97. The first-order chi connectivity index (χ1) is 9.44. The van der Waals surface area contributed by atoms with E-state index < -0.39 is 0 Å². The van der Waals surface area contributed by atoms with Crippen molar-refractivity contribution in [2.75, 3.05) is 0 Å². The highest BCUT2D eigenvalue weighted by Crippen LogP contribution is 2.24. The van der Waals surface area contributed by atoms with Crippen LogP contribution in [0.1, 0.15) is 52.0 Å². The maximum absolute atomic E-state index is 9.97. The zero-order chi connectivity index (χ0) is 14.6. The van der Waals surface area contributed by atoms with Crippen molar-refractivity contribution in [3.8, 4) is 5.75 Å². The van der Waals surface area contributed by atoms with E-state index in [4.69, 9.17) is 4.74 Å². The molecule has 2 unspecified atom stereocenters. The van der Waals surface area contributed by atoms with E-state index in [2.05, 4.69) is 38.2 Å². The lowest BCUT2D eigenvalue weighted by molar-refractivity contribution is 0.00683. The summed E-state index contributed by atoms with van der Waals surface area (Å²) in [7, 11) is 0. The number of aliphatic hydroxyl groups excluding tert-OH is 1. The number of rotatable bonds is 4. The Hall–Kier alpha value is -1.06. The molecule has 0 radical (unpaired) electrons. The van der Waals surface area contributed by atoms with Crippen molar-refractivity contribution in [1.82, 2.24) is 5.32 Å². The molecule has 3 nitrogen and oxygen atoms in total. The Balaban J connectivity index is 1.95. The van der Waals surface area contributed by atoms with E-state index in [-0.39, 0.29) is 17.7 Å². The molecule has 1 aliphatic rings. The number of nitrogens with one attached hydrogen (secondary N) is 1. The lowest BCUT2D eigenvalue weighted by Crippen LogP contribution is -2.35. The summed E-state index contributed by atoms with van der Waals surface area (Å²) in [6, 6.07) is 8.16. The van der Waals surface area contributed by atoms with Crippen molar-refractivity contribution in [1.29, 1.82) is 0 Å². The summed E-state index contributed by atoms with van der Waals surface area (Å²) in [5.74, 6) is 0.865. The Bertz CT molecular complexity index is 425. The molecule has 0 bridgehead atoms. The molecule has 112 valence electrons. The molecule has 0 spiro atoms. The molecule has 0 heterocycles. The number of ether oxygens (including phenoxy) is 1. The Kier molecular flexibility index (Phi) is 5.06. The van der Waals surface area contributed by atoms with Crippen molar-refractivity contribution in [2.24, 2.45) is 0 Å². The average molecular weight is 277 g/mol. The molecule has 1 fully saturated rings. The molecule has 1 saturated carbocycles. The fourth-order valence-electron chi connectivity index (χ4n) is 2.49. The second-order valence-electron chi connectivity index (χ2n) is 6.76. The SMILES string of the molecule is CC(C)(C)NCc1cccc(OC2CCCCC2O)c1. The summed E-state index contributed by atoms with van der Waals surface area (Å²) < 4.78 is 5.96. The fourth-order valence-corrected chi connectivity index (χ4v) is 2.49. The van der Waals surface area contributed by atoms with Crippen LogP contribution >= 0.6 is 0 Å². The third-order valence-electron chi connectivity index (χ3n) is 3.68. The van der Waals surface area contributed by atoms with E-state index in [1.54, 1.807) is 0 Å². The summed E-state index contributed by atoms with van der Waals surface area (Å²) >= 11 is 0. The first-order valence-corrected chi connectivity index (χ1v) is 7.63. The summed E-state index contributed by atoms with van der Waals surface area (Å²) in [4.78, 5) is 0. The molecule has 0 aliphatic heterocycles. The molecule has 3 heteroatoms. The largest absolute Gasteiger partial charge is 0.488 e. The molecule has 0 amide bonds. The monoisotopic (exact) mass is 277 g/mol. The van der Waals surface area contributed by atoms with Crippen molar-refractivity contribution < 1.29 is 9.84 Å². The Morgan fingerprint density at radius 2 is 2.00 bits per heavy atom. The number of benzene rings is 1. The molecule has 1 aromatic rings. The number of hydrogen-bond donors (Lipinski definition) is 2. The van der Waals surface area contributed by atoms with Gasteiger partial charge in [0, 0.05) is 12.1 Å². The Labute approximate surface area is 122 Å². The first-order valence-electron chi connectivity index (χ1n) is 7.63. The highest BCUT2D eigenvalue weighted by atomic mass is 16.5. The highest BCUT2D eigenvalue weighted by molar-refractivity contribution is 5.28. The second-order valence-corrected chi connectivity index (χ2v) is 6.76. The molecule has 2 rings (SSSR count). The van der Waals surface area contributed by atoms with E-state index >= 15 is 0 Å². The highest BCUT2D eigenvalue weighted by Gasteiger charge is 2.24. The van der Waals surface area contributed by atoms with Crippen molar-refractivity contribution in [3.05, 3.63) is 29.8 Å². The van der Waals surface area contributed by atoms with Gasteiger partial charge in [0.05, 0.1) is 6.10 Å². The van der Waals surface area contributed by atoms with Crippen LogP contribution in [0.25, 0.3) is 0 Å². The summed E-state index contributed by atoms with van der Waals surface area (Å²) in [5.41, 5.74) is 1.32. The van der Waals surface area contributed by atoms with Gasteiger partial charge in [-0.2, -0.15) is 0 Å². The minimum absolute atomic E-state index is 0.0467. The lowest BCUT2D eigenvalue weighted by Gasteiger charge is -2.28. The minimum atomic E-state index is -0.319. The lowest BCUT2D eigenvalue weighted by atomic mass is 9.95. The van der Waals surface area contributed by atoms with Crippen LogP contribution in [0.3, 0.4) is 0 Å². The minimum Gasteiger partial charge on any atom is -0.488 e. The molecule has 1 aromatic carbocycles. The van der Waals surface area contributed by atoms with Crippen LogP contribution in [0.2, 0.25) is 0 Å². The van der Waals surface area contributed by atoms with Gasteiger partial charge in [-0.15, -0.1) is 0 Å². The van der Waals surface area contributed by atoms with Gasteiger partial charge in [-0.25, -0.2) is 0 Å². The summed E-state index contributed by atoms with van der Waals surface area (Å²) in [6.07, 6.45) is 3.69. The fraction of sp³-hybridized carbons (Fsp3) is 0.647. The third kappa shape index (κ3) is 4.80. The van der Waals surface area contributed by atoms with Crippen LogP contribution in [0.4, 0.5) is 0 Å². The molecule has 2 atom stereocenters. The number of hydrogen-bond acceptors (Lipinski definition) is 3. The molecule has 0 aromatic heterocycles. The number of aliphatic hydroxyl groups is 1. The predicted molar refractivity (Wildman–Crippen MR) is 81.9 cm³/mol. The standard InChI is InChI=1S/C17H27NO2/c1-17(2,3)18-12-13-7-6-8-14(11-13)20-16-10-5-4-9-15(16)19/h6-8,11,15-16,18-19H,4-5,9-10,12H2,1-3H3. The van der Waals surface area contributed by atoms with Crippen molar-refractivity contribution >= 4 is 0 Å². The normalized spacial score (nSPS) is 23.6. The van der Waals surface area contributed by atoms with Crippen LogP contribution in [-0.4, -0.2) is 22.9 Å². The van der Waals surface area contributed by atoms with E-state index in [0.29, 0.717) is 0 Å². The van der Waals surface area contributed by atoms with Crippen LogP contribution in [0.15, 0.2) is 24.3 Å². The summed E-state index contributed by atoms with van der Waals surface area (Å²) in [5, 5.41) is 13.4. The van der Waals surface area contributed by atoms with Gasteiger partial charge in [-0.05, 0) is 57.7 Å². The third-order valence-corrected chi connectivity index (χ3v) is 3.68. The van der Waals surface area contributed by atoms with Crippen LogP contribution in [0.5, 0.6) is 5.75 Å². The maximum Gasteiger partial charge on any atom is 0.124 e. The zero-order valence-corrected chi connectivity index (χ0v) is 12.9. The summed E-state index contributed by atoms with van der Waals surface area (Å²) in [6.45, 7) is 7.30. The van der Waals surface area contributed by atoms with Crippen LogP contribution in [-0.2, 0) is 6.54 Å². The van der Waals surface area contributed by atoms with Gasteiger partial charge >= 0.3 is 0 Å². The molecular formula is C17H27NO2. The van der Waals surface area contributed by atoms with Gasteiger partial charge < -0.3 is 15.2 Å². The first kappa shape index (κ1) is 15.3. The topological polar surface area (TPSA) is 41.5 Å². The molecule has 2 N–H and O–H groups in total. The van der Waals surface area contributed by atoms with E-state index in [9.17, 15) is 5.11 Å². The molecule has 0 saturated heterocycles. The van der Waals surface area contributed by atoms with Gasteiger partial charge in [0.1, 0.15) is 11.9 Å². The Morgan fingerprint density at radius 1 is 1.25 bits per heavy atom. The van der Waals surface area contributed by atoms with Gasteiger partial charge in [0.25, 0.3) is 0 Å². The smallest absolute Gasteiger partial charge is 0.124 e.